The highest BCUT2D eigenvalue weighted by atomic mass is 16.1. The van der Waals surface area contributed by atoms with E-state index in [9.17, 15) is 4.79 Å². The lowest BCUT2D eigenvalue weighted by molar-refractivity contribution is 0.0969. The molecule has 1 saturated heterocycles. The molecule has 30 heavy (non-hydrogen) atoms. The zero-order valence-corrected chi connectivity index (χ0v) is 16.7. The molecule has 1 aliphatic heterocycles. The highest BCUT2D eigenvalue weighted by Gasteiger charge is 2.64. The third kappa shape index (κ3) is 3.11. The van der Waals surface area contributed by atoms with Crippen molar-refractivity contribution >= 4 is 11.5 Å². The first kappa shape index (κ1) is 18.4. The van der Waals surface area contributed by atoms with Crippen LogP contribution < -0.4 is 4.90 Å². The van der Waals surface area contributed by atoms with E-state index < -0.39 is 5.54 Å². The van der Waals surface area contributed by atoms with Crippen LogP contribution in [0.25, 0.3) is 0 Å². The van der Waals surface area contributed by atoms with E-state index in [4.69, 9.17) is 0 Å². The Morgan fingerprint density at radius 2 is 1.17 bits per heavy atom. The van der Waals surface area contributed by atoms with Gasteiger partial charge in [0.15, 0.2) is 5.78 Å². The number of hydrogen-bond donors (Lipinski definition) is 0. The van der Waals surface area contributed by atoms with Crippen LogP contribution in [0.3, 0.4) is 0 Å². The van der Waals surface area contributed by atoms with E-state index in [1.54, 1.807) is 0 Å². The molecular weight excluding hydrogens is 366 g/mol. The van der Waals surface area contributed by atoms with Gasteiger partial charge in [-0.2, -0.15) is 0 Å². The lowest BCUT2D eigenvalue weighted by atomic mass is 9.85. The molecule has 4 aromatic carbocycles. The summed E-state index contributed by atoms with van der Waals surface area (Å²) in [5.74, 6) is 0.166. The Bertz CT molecular complexity index is 1080. The molecule has 1 heterocycles. The Labute approximate surface area is 177 Å². The van der Waals surface area contributed by atoms with Gasteiger partial charge in [-0.15, -0.1) is 0 Å². The molecule has 0 spiro atoms. The monoisotopic (exact) mass is 389 g/mol. The number of carbonyl (C=O) groups excluding carboxylic acids is 1. The predicted octanol–water partition coefficient (Wildman–Crippen LogP) is 6.42. The molecule has 0 saturated carbocycles. The van der Waals surface area contributed by atoms with Crippen molar-refractivity contribution in [2.45, 2.75) is 18.0 Å². The Hall–Kier alpha value is -3.65. The molecule has 2 heteroatoms. The molecule has 2 atom stereocenters. The van der Waals surface area contributed by atoms with Gasteiger partial charge in [0.05, 0.1) is 11.6 Å². The van der Waals surface area contributed by atoms with Crippen LogP contribution >= 0.6 is 0 Å². The Kier molecular flexibility index (Phi) is 4.68. The van der Waals surface area contributed by atoms with Crippen LogP contribution in [0.5, 0.6) is 0 Å². The zero-order valence-electron chi connectivity index (χ0n) is 16.7. The first-order valence-corrected chi connectivity index (χ1v) is 10.3. The average molecular weight is 389 g/mol. The van der Waals surface area contributed by atoms with Gasteiger partial charge in [-0.1, -0.05) is 109 Å². The summed E-state index contributed by atoms with van der Waals surface area (Å²) >= 11 is 0. The number of anilines is 1. The SMILES string of the molecule is O=C(CC1(c2ccccc2)C(c2ccccc2)N1c1ccccc1)c1ccccc1. The second kappa shape index (κ2) is 7.64. The van der Waals surface area contributed by atoms with Gasteiger partial charge < -0.3 is 4.90 Å². The van der Waals surface area contributed by atoms with Crippen molar-refractivity contribution in [1.29, 1.82) is 0 Å². The van der Waals surface area contributed by atoms with Crippen LogP contribution in [0, 0.1) is 0 Å². The minimum absolute atomic E-state index is 0.108. The summed E-state index contributed by atoms with van der Waals surface area (Å²) in [5, 5.41) is 0. The number of hydrogen-bond acceptors (Lipinski definition) is 2. The fraction of sp³-hybridized carbons (Fsp3) is 0.107. The molecule has 0 aliphatic carbocycles. The predicted molar refractivity (Wildman–Crippen MR) is 122 cm³/mol. The van der Waals surface area contributed by atoms with E-state index >= 15 is 0 Å². The first-order chi connectivity index (χ1) is 14.8. The first-order valence-electron chi connectivity index (χ1n) is 10.3. The third-order valence-electron chi connectivity index (χ3n) is 6.02. The minimum Gasteiger partial charge on any atom is -0.349 e. The molecule has 146 valence electrons. The lowest BCUT2D eigenvalue weighted by Gasteiger charge is -2.19. The number of para-hydroxylation sites is 1. The van der Waals surface area contributed by atoms with Gasteiger partial charge in [-0.05, 0) is 23.3 Å². The molecule has 0 radical (unpaired) electrons. The normalized spacial score (nSPS) is 20.0. The molecular formula is C28H23NO. The number of benzene rings is 4. The van der Waals surface area contributed by atoms with E-state index in [2.05, 4.69) is 77.7 Å². The second-order valence-electron chi connectivity index (χ2n) is 7.78. The lowest BCUT2D eigenvalue weighted by Crippen LogP contribution is -2.21. The maximum Gasteiger partial charge on any atom is 0.165 e. The van der Waals surface area contributed by atoms with Crippen molar-refractivity contribution < 1.29 is 4.79 Å². The summed E-state index contributed by atoms with van der Waals surface area (Å²) in [6.45, 7) is 0. The zero-order chi connectivity index (χ0) is 20.4. The number of nitrogens with zero attached hydrogens (tertiary/aromatic N) is 1. The molecule has 1 aliphatic rings. The van der Waals surface area contributed by atoms with Gasteiger partial charge in [-0.3, -0.25) is 4.79 Å². The number of rotatable bonds is 6. The summed E-state index contributed by atoms with van der Waals surface area (Å²) in [7, 11) is 0. The molecule has 0 N–H and O–H groups in total. The summed E-state index contributed by atoms with van der Waals surface area (Å²) < 4.78 is 0. The highest BCUT2D eigenvalue weighted by Crippen LogP contribution is 2.64. The smallest absolute Gasteiger partial charge is 0.165 e. The van der Waals surface area contributed by atoms with E-state index in [1.807, 2.05) is 48.5 Å². The Balaban J connectivity index is 1.65. The Morgan fingerprint density at radius 1 is 0.667 bits per heavy atom. The Morgan fingerprint density at radius 3 is 1.77 bits per heavy atom. The topological polar surface area (TPSA) is 20.1 Å². The molecule has 5 rings (SSSR count). The van der Waals surface area contributed by atoms with Crippen molar-refractivity contribution in [2.24, 2.45) is 0 Å². The van der Waals surface area contributed by atoms with E-state index in [0.717, 1.165) is 11.3 Å². The van der Waals surface area contributed by atoms with Gasteiger partial charge in [0.25, 0.3) is 0 Å². The summed E-state index contributed by atoms with van der Waals surface area (Å²) in [4.78, 5) is 15.8. The maximum atomic E-state index is 13.4. The van der Waals surface area contributed by atoms with Crippen molar-refractivity contribution in [3.05, 3.63) is 138 Å². The fourth-order valence-corrected chi connectivity index (χ4v) is 4.64. The molecule has 2 nitrogen and oxygen atoms in total. The number of carbonyl (C=O) groups is 1. The van der Waals surface area contributed by atoms with Crippen LogP contribution in [0.2, 0.25) is 0 Å². The summed E-state index contributed by atoms with van der Waals surface area (Å²) in [6, 6.07) is 41.1. The standard InChI is InChI=1S/C28H23NO/c30-26(22-13-5-1-6-14-22)21-28(24-17-9-3-10-18-24)27(23-15-7-2-8-16-23)29(28)25-19-11-4-12-20-25/h1-20,27H,21H2. The number of ketones is 1. The van der Waals surface area contributed by atoms with Crippen LogP contribution in [0.1, 0.15) is 33.9 Å². The van der Waals surface area contributed by atoms with Gasteiger partial charge in [0, 0.05) is 17.7 Å². The molecule has 1 fully saturated rings. The second-order valence-corrected chi connectivity index (χ2v) is 7.78. The fourth-order valence-electron chi connectivity index (χ4n) is 4.64. The van der Waals surface area contributed by atoms with Crippen molar-refractivity contribution in [3.8, 4) is 0 Å². The molecule has 4 aromatic rings. The quantitative estimate of drug-likeness (QED) is 0.280. The molecule has 0 amide bonds. The molecule has 0 bridgehead atoms. The van der Waals surface area contributed by atoms with Crippen LogP contribution in [0.4, 0.5) is 5.69 Å². The van der Waals surface area contributed by atoms with Crippen LogP contribution in [-0.2, 0) is 5.54 Å². The highest BCUT2D eigenvalue weighted by molar-refractivity contribution is 5.98. The van der Waals surface area contributed by atoms with E-state index in [-0.39, 0.29) is 11.8 Å². The van der Waals surface area contributed by atoms with E-state index in [1.165, 1.54) is 11.1 Å². The number of Topliss-reactive ketones (excluding diaryl/α,β-unsaturated/α-hetero) is 1. The van der Waals surface area contributed by atoms with Gasteiger partial charge >= 0.3 is 0 Å². The third-order valence-corrected chi connectivity index (χ3v) is 6.02. The summed E-state index contributed by atoms with van der Waals surface area (Å²) in [6.07, 6.45) is 0.426. The van der Waals surface area contributed by atoms with Crippen molar-refractivity contribution in [3.63, 3.8) is 0 Å². The van der Waals surface area contributed by atoms with Crippen LogP contribution in [0.15, 0.2) is 121 Å². The summed E-state index contributed by atoms with van der Waals surface area (Å²) in [5.41, 5.74) is 3.89. The average Bonchev–Trinajstić information content (AvgIpc) is 3.50. The molecule has 0 aromatic heterocycles. The van der Waals surface area contributed by atoms with Gasteiger partial charge in [-0.25, -0.2) is 0 Å². The molecule has 2 unspecified atom stereocenters. The minimum atomic E-state index is -0.406. The van der Waals surface area contributed by atoms with Crippen LogP contribution in [-0.4, -0.2) is 5.78 Å². The van der Waals surface area contributed by atoms with Gasteiger partial charge in [0.1, 0.15) is 0 Å². The van der Waals surface area contributed by atoms with Gasteiger partial charge in [0.2, 0.25) is 0 Å². The van der Waals surface area contributed by atoms with E-state index in [0.29, 0.717) is 6.42 Å². The van der Waals surface area contributed by atoms with Crippen molar-refractivity contribution in [1.82, 2.24) is 0 Å². The maximum absolute atomic E-state index is 13.4. The van der Waals surface area contributed by atoms with Crippen molar-refractivity contribution in [2.75, 3.05) is 4.90 Å². The largest absolute Gasteiger partial charge is 0.349 e.